The van der Waals surface area contributed by atoms with E-state index >= 15 is 0 Å². The molecule has 0 saturated heterocycles. The van der Waals surface area contributed by atoms with Crippen LogP contribution in [-0.2, 0) is 0 Å². The van der Waals surface area contributed by atoms with E-state index in [0.717, 1.165) is 0 Å². The second kappa shape index (κ2) is 4.31. The molecular weight excluding hydrogens is 258 g/mol. The molecule has 1 aliphatic carbocycles. The first-order valence-electron chi connectivity index (χ1n) is 5.87. The Balaban J connectivity index is 2.16. The summed E-state index contributed by atoms with van der Waals surface area (Å²) in [7, 11) is 0. The number of ether oxygens (including phenoxy) is 1. The highest BCUT2D eigenvalue weighted by atomic mass is 16.5. The van der Waals surface area contributed by atoms with Crippen LogP contribution in [0.4, 0.5) is 4.79 Å². The van der Waals surface area contributed by atoms with Crippen molar-refractivity contribution in [3.8, 4) is 5.75 Å². The molecule has 1 aliphatic rings. The SMILES string of the molecule is NC(=O)Oc1ccc2c(c1)C(=O)c1ccccc1C2=O. The van der Waals surface area contributed by atoms with Gasteiger partial charge < -0.3 is 10.5 Å². The second-order valence-electron chi connectivity index (χ2n) is 4.33. The molecule has 0 bridgehead atoms. The summed E-state index contributed by atoms with van der Waals surface area (Å²) < 4.78 is 4.73. The third-order valence-electron chi connectivity index (χ3n) is 3.12. The van der Waals surface area contributed by atoms with Crippen molar-refractivity contribution < 1.29 is 19.1 Å². The topological polar surface area (TPSA) is 86.5 Å². The number of ketones is 2. The first-order chi connectivity index (χ1) is 9.58. The van der Waals surface area contributed by atoms with E-state index in [4.69, 9.17) is 10.5 Å². The van der Waals surface area contributed by atoms with Gasteiger partial charge in [-0.3, -0.25) is 9.59 Å². The highest BCUT2D eigenvalue weighted by Crippen LogP contribution is 2.29. The molecule has 0 aliphatic heterocycles. The fourth-order valence-electron chi connectivity index (χ4n) is 2.26. The molecule has 5 nitrogen and oxygen atoms in total. The van der Waals surface area contributed by atoms with Gasteiger partial charge in [0.2, 0.25) is 0 Å². The molecule has 0 heterocycles. The molecule has 0 aromatic heterocycles. The number of nitrogens with two attached hydrogens (primary N) is 1. The maximum Gasteiger partial charge on any atom is 0.409 e. The van der Waals surface area contributed by atoms with Crippen molar-refractivity contribution in [2.24, 2.45) is 5.73 Å². The second-order valence-corrected chi connectivity index (χ2v) is 4.33. The summed E-state index contributed by atoms with van der Waals surface area (Å²) in [6, 6.07) is 10.9. The van der Waals surface area contributed by atoms with Gasteiger partial charge in [-0.2, -0.15) is 0 Å². The zero-order valence-corrected chi connectivity index (χ0v) is 10.3. The lowest BCUT2D eigenvalue weighted by molar-refractivity contribution is 0.0979. The maximum atomic E-state index is 12.4. The normalized spacial score (nSPS) is 12.6. The van der Waals surface area contributed by atoms with E-state index in [0.29, 0.717) is 16.7 Å². The van der Waals surface area contributed by atoms with Gasteiger partial charge in [0.15, 0.2) is 11.6 Å². The van der Waals surface area contributed by atoms with Gasteiger partial charge in [0.25, 0.3) is 0 Å². The number of carbonyl (C=O) groups is 3. The minimum absolute atomic E-state index is 0.136. The van der Waals surface area contributed by atoms with Gasteiger partial charge >= 0.3 is 6.09 Å². The zero-order chi connectivity index (χ0) is 14.3. The van der Waals surface area contributed by atoms with Crippen molar-refractivity contribution in [1.82, 2.24) is 0 Å². The van der Waals surface area contributed by atoms with E-state index in [9.17, 15) is 14.4 Å². The van der Waals surface area contributed by atoms with Crippen LogP contribution in [-0.4, -0.2) is 17.7 Å². The van der Waals surface area contributed by atoms with Crippen LogP contribution in [0, 0.1) is 0 Å². The lowest BCUT2D eigenvalue weighted by atomic mass is 9.84. The van der Waals surface area contributed by atoms with E-state index in [2.05, 4.69) is 0 Å². The maximum absolute atomic E-state index is 12.4. The number of fused-ring (bicyclic) bond motifs is 2. The Morgan fingerprint density at radius 2 is 1.40 bits per heavy atom. The lowest BCUT2D eigenvalue weighted by Gasteiger charge is -2.17. The summed E-state index contributed by atoms with van der Waals surface area (Å²) in [6.07, 6.45) is -0.972. The molecule has 0 atom stereocenters. The molecule has 98 valence electrons. The van der Waals surface area contributed by atoms with Crippen molar-refractivity contribution in [2.45, 2.75) is 0 Å². The van der Waals surface area contributed by atoms with E-state index in [1.165, 1.54) is 18.2 Å². The molecule has 20 heavy (non-hydrogen) atoms. The molecule has 0 unspecified atom stereocenters. The smallest absolute Gasteiger partial charge is 0.409 e. The van der Waals surface area contributed by atoms with Crippen LogP contribution in [0.1, 0.15) is 31.8 Å². The zero-order valence-electron chi connectivity index (χ0n) is 10.3. The number of amides is 1. The highest BCUT2D eigenvalue weighted by Gasteiger charge is 2.29. The molecule has 0 fully saturated rings. The fourth-order valence-corrected chi connectivity index (χ4v) is 2.26. The molecule has 0 saturated carbocycles. The molecule has 1 amide bonds. The highest BCUT2D eigenvalue weighted by molar-refractivity contribution is 6.28. The van der Waals surface area contributed by atoms with Gasteiger partial charge in [-0.1, -0.05) is 24.3 Å². The molecule has 0 radical (unpaired) electrons. The first kappa shape index (κ1) is 12.1. The third kappa shape index (κ3) is 1.76. The Labute approximate surface area is 114 Å². The Bertz CT molecular complexity index is 764. The van der Waals surface area contributed by atoms with E-state index in [-0.39, 0.29) is 22.9 Å². The summed E-state index contributed by atoms with van der Waals surface area (Å²) in [5.74, 6) is -0.359. The summed E-state index contributed by atoms with van der Waals surface area (Å²) in [5, 5.41) is 0. The Kier molecular flexibility index (Phi) is 2.61. The van der Waals surface area contributed by atoms with E-state index in [1.807, 2.05) is 0 Å². The van der Waals surface area contributed by atoms with Crippen molar-refractivity contribution in [3.63, 3.8) is 0 Å². The number of rotatable bonds is 1. The van der Waals surface area contributed by atoms with Crippen LogP contribution in [0.3, 0.4) is 0 Å². The van der Waals surface area contributed by atoms with Crippen molar-refractivity contribution in [1.29, 1.82) is 0 Å². The summed E-state index contributed by atoms with van der Waals surface area (Å²) in [5.41, 5.74) is 6.17. The van der Waals surface area contributed by atoms with Crippen LogP contribution < -0.4 is 10.5 Å². The number of hydrogen-bond acceptors (Lipinski definition) is 4. The van der Waals surface area contributed by atoms with Gasteiger partial charge in [-0.15, -0.1) is 0 Å². The molecule has 5 heteroatoms. The van der Waals surface area contributed by atoms with Crippen molar-refractivity contribution in [2.75, 3.05) is 0 Å². The predicted octanol–water partition coefficient (Wildman–Crippen LogP) is 1.92. The van der Waals surface area contributed by atoms with Crippen molar-refractivity contribution in [3.05, 3.63) is 64.7 Å². The van der Waals surface area contributed by atoms with Crippen LogP contribution in [0.2, 0.25) is 0 Å². The van der Waals surface area contributed by atoms with E-state index < -0.39 is 6.09 Å². The molecular formula is C15H9NO4. The minimum atomic E-state index is -0.972. The summed E-state index contributed by atoms with van der Waals surface area (Å²) in [4.78, 5) is 35.4. The molecule has 0 spiro atoms. The Morgan fingerprint density at radius 3 is 2.00 bits per heavy atom. The first-order valence-corrected chi connectivity index (χ1v) is 5.87. The molecule has 2 aromatic rings. The predicted molar refractivity (Wildman–Crippen MR) is 70.0 cm³/mol. The van der Waals surface area contributed by atoms with Crippen LogP contribution in [0.15, 0.2) is 42.5 Å². The van der Waals surface area contributed by atoms with Crippen LogP contribution in [0.5, 0.6) is 5.75 Å². The molecule has 2 aromatic carbocycles. The largest absolute Gasteiger partial charge is 0.410 e. The van der Waals surface area contributed by atoms with Gasteiger partial charge in [0, 0.05) is 22.3 Å². The minimum Gasteiger partial charge on any atom is -0.410 e. The molecule has 3 rings (SSSR count). The number of carbonyl (C=O) groups excluding carboxylic acids is 3. The number of benzene rings is 2. The average molecular weight is 267 g/mol. The van der Waals surface area contributed by atoms with Crippen LogP contribution in [0.25, 0.3) is 0 Å². The van der Waals surface area contributed by atoms with Gasteiger partial charge in [0.05, 0.1) is 0 Å². The van der Waals surface area contributed by atoms with Crippen LogP contribution >= 0.6 is 0 Å². The monoisotopic (exact) mass is 267 g/mol. The standard InChI is InChI=1S/C15H9NO4/c16-15(19)20-8-5-6-11-12(7-8)14(18)10-4-2-1-3-9(10)13(11)17/h1-7H,(H2,16,19). The fraction of sp³-hybridized carbons (Fsp3) is 0. The lowest BCUT2D eigenvalue weighted by Crippen LogP contribution is -2.21. The number of primary amides is 1. The summed E-state index contributed by atoms with van der Waals surface area (Å²) in [6.45, 7) is 0. The average Bonchev–Trinajstić information content (AvgIpc) is 2.44. The Hall–Kier alpha value is -2.95. The Morgan fingerprint density at radius 1 is 0.850 bits per heavy atom. The van der Waals surface area contributed by atoms with Crippen molar-refractivity contribution >= 4 is 17.7 Å². The third-order valence-corrected chi connectivity index (χ3v) is 3.12. The number of hydrogen-bond donors (Lipinski definition) is 1. The quantitative estimate of drug-likeness (QED) is 0.729. The van der Waals surface area contributed by atoms with Gasteiger partial charge in [-0.05, 0) is 18.2 Å². The summed E-state index contributed by atoms with van der Waals surface area (Å²) >= 11 is 0. The molecule has 2 N–H and O–H groups in total. The van der Waals surface area contributed by atoms with E-state index in [1.54, 1.807) is 24.3 Å². The van der Waals surface area contributed by atoms with Gasteiger partial charge in [0.1, 0.15) is 5.75 Å². The van der Waals surface area contributed by atoms with Gasteiger partial charge in [-0.25, -0.2) is 4.79 Å².